The summed E-state index contributed by atoms with van der Waals surface area (Å²) in [5, 5.41) is 23.1. The van der Waals surface area contributed by atoms with Crippen molar-refractivity contribution in [3.8, 4) is 0 Å². The van der Waals surface area contributed by atoms with E-state index in [4.69, 9.17) is 4.74 Å². The number of aliphatic carboxylic acids is 1. The second kappa shape index (κ2) is 8.31. The number of nitrogens with zero attached hydrogens (tertiary/aromatic N) is 1. The summed E-state index contributed by atoms with van der Waals surface area (Å²) in [6, 6.07) is 13.5. The summed E-state index contributed by atoms with van der Waals surface area (Å²) < 4.78 is 5.16. The van der Waals surface area contributed by atoms with E-state index < -0.39 is 28.4 Å². The molecule has 0 saturated heterocycles. The zero-order valence-electron chi connectivity index (χ0n) is 14.9. The molecule has 0 bridgehead atoms. The number of carboxylic acid groups (broad SMARTS) is 1. The molecule has 2 aromatic rings. The van der Waals surface area contributed by atoms with Crippen LogP contribution in [0, 0.1) is 15.5 Å². The minimum Gasteiger partial charge on any atom is -0.481 e. The lowest BCUT2D eigenvalue weighted by molar-refractivity contribution is -0.385. The Labute approximate surface area is 155 Å². The van der Waals surface area contributed by atoms with Crippen LogP contribution in [0.25, 0.3) is 0 Å². The Morgan fingerprint density at radius 3 is 2.44 bits per heavy atom. The fraction of sp³-hybridized carbons (Fsp3) is 0.263. The third kappa shape index (κ3) is 5.04. The van der Waals surface area contributed by atoms with Crippen LogP contribution in [-0.4, -0.2) is 22.1 Å². The van der Waals surface area contributed by atoms with Gasteiger partial charge in [0.15, 0.2) is 0 Å². The van der Waals surface area contributed by atoms with Crippen molar-refractivity contribution in [1.29, 1.82) is 0 Å². The quantitative estimate of drug-likeness (QED) is 0.565. The maximum Gasteiger partial charge on any atom is 0.407 e. The molecule has 0 radical (unpaired) electrons. The van der Waals surface area contributed by atoms with Gasteiger partial charge in [0.25, 0.3) is 5.69 Å². The maximum absolute atomic E-state index is 12.2. The number of hydrogen-bond donors (Lipinski definition) is 2. The van der Waals surface area contributed by atoms with Gasteiger partial charge in [-0.2, -0.15) is 0 Å². The zero-order valence-corrected chi connectivity index (χ0v) is 14.9. The average molecular weight is 372 g/mol. The predicted octanol–water partition coefficient (Wildman–Crippen LogP) is 3.67. The molecule has 2 aromatic carbocycles. The largest absolute Gasteiger partial charge is 0.481 e. The lowest BCUT2D eigenvalue weighted by Crippen LogP contribution is -2.42. The Balaban J connectivity index is 2.23. The molecule has 8 heteroatoms. The molecule has 27 heavy (non-hydrogen) atoms. The third-order valence-corrected chi connectivity index (χ3v) is 4.16. The molecular weight excluding hydrogens is 352 g/mol. The lowest BCUT2D eigenvalue weighted by Gasteiger charge is -2.31. The van der Waals surface area contributed by atoms with E-state index in [-0.39, 0.29) is 12.3 Å². The topological polar surface area (TPSA) is 119 Å². The number of benzene rings is 2. The zero-order chi connectivity index (χ0) is 20.0. The van der Waals surface area contributed by atoms with Crippen molar-refractivity contribution in [3.05, 3.63) is 75.8 Å². The van der Waals surface area contributed by atoms with Gasteiger partial charge in [-0.15, -0.1) is 0 Å². The van der Waals surface area contributed by atoms with Crippen molar-refractivity contribution in [3.63, 3.8) is 0 Å². The van der Waals surface area contributed by atoms with E-state index in [1.54, 1.807) is 24.3 Å². The molecule has 0 aliphatic carbocycles. The Hall–Kier alpha value is -3.42. The smallest absolute Gasteiger partial charge is 0.407 e. The molecule has 0 unspecified atom stereocenters. The van der Waals surface area contributed by atoms with Crippen molar-refractivity contribution in [1.82, 2.24) is 5.32 Å². The minimum absolute atomic E-state index is 0.0157. The number of ether oxygens (including phenoxy) is 1. The van der Waals surface area contributed by atoms with Crippen LogP contribution in [0.2, 0.25) is 0 Å². The second-order valence-electron chi connectivity index (χ2n) is 6.52. The molecule has 1 amide bonds. The first-order valence-corrected chi connectivity index (χ1v) is 8.17. The van der Waals surface area contributed by atoms with Gasteiger partial charge in [0.2, 0.25) is 0 Å². The standard InChI is InChI=1S/C19H20N2O6/c1-19(2,17(22)23)16(14-9-6-10-15(11-14)21(25)26)20-18(24)27-12-13-7-4-3-5-8-13/h3-11,16H,12H2,1-2H3,(H,20,24)(H,22,23)/t16-/m0/s1. The number of rotatable bonds is 7. The van der Waals surface area contributed by atoms with Crippen LogP contribution >= 0.6 is 0 Å². The molecule has 2 rings (SSSR count). The number of amides is 1. The predicted molar refractivity (Wildman–Crippen MR) is 97.0 cm³/mol. The lowest BCUT2D eigenvalue weighted by atomic mass is 9.80. The van der Waals surface area contributed by atoms with Crippen LogP contribution in [0.5, 0.6) is 0 Å². The summed E-state index contributed by atoms with van der Waals surface area (Å²) in [4.78, 5) is 34.4. The van der Waals surface area contributed by atoms with Gasteiger partial charge in [-0.05, 0) is 25.0 Å². The highest BCUT2D eigenvalue weighted by Gasteiger charge is 2.39. The van der Waals surface area contributed by atoms with E-state index in [0.717, 1.165) is 5.56 Å². The van der Waals surface area contributed by atoms with Gasteiger partial charge in [-0.3, -0.25) is 14.9 Å². The van der Waals surface area contributed by atoms with Crippen LogP contribution in [0.3, 0.4) is 0 Å². The minimum atomic E-state index is -1.43. The number of nitrogens with one attached hydrogen (secondary N) is 1. The molecular formula is C19H20N2O6. The summed E-state index contributed by atoms with van der Waals surface area (Å²) in [6.07, 6.45) is -0.815. The fourth-order valence-corrected chi connectivity index (χ4v) is 2.50. The van der Waals surface area contributed by atoms with Gasteiger partial charge in [0, 0.05) is 12.1 Å². The van der Waals surface area contributed by atoms with Crippen LogP contribution in [0.4, 0.5) is 10.5 Å². The van der Waals surface area contributed by atoms with Crippen molar-refractivity contribution in [2.24, 2.45) is 5.41 Å². The number of non-ortho nitro benzene ring substituents is 1. The van der Waals surface area contributed by atoms with Gasteiger partial charge in [0.05, 0.1) is 16.4 Å². The SMILES string of the molecule is CC(C)(C(=O)O)[C@@H](NC(=O)OCc1ccccc1)c1cccc([N+](=O)[O-])c1. The molecule has 0 aliphatic rings. The van der Waals surface area contributed by atoms with E-state index in [1.807, 2.05) is 6.07 Å². The molecule has 0 aliphatic heterocycles. The Morgan fingerprint density at radius 2 is 1.85 bits per heavy atom. The van der Waals surface area contributed by atoms with E-state index in [9.17, 15) is 24.8 Å². The van der Waals surface area contributed by atoms with E-state index in [2.05, 4.69) is 5.32 Å². The van der Waals surface area contributed by atoms with Crippen LogP contribution in [0.1, 0.15) is 31.0 Å². The number of carboxylic acids is 1. The van der Waals surface area contributed by atoms with Gasteiger partial charge >= 0.3 is 12.1 Å². The summed E-state index contributed by atoms with van der Waals surface area (Å²) in [5.74, 6) is -1.16. The molecule has 0 saturated carbocycles. The molecule has 2 N–H and O–H groups in total. The number of carbonyl (C=O) groups excluding carboxylic acids is 1. The number of carbonyl (C=O) groups is 2. The molecule has 1 atom stereocenters. The third-order valence-electron chi connectivity index (χ3n) is 4.16. The van der Waals surface area contributed by atoms with Crippen LogP contribution < -0.4 is 5.32 Å². The monoisotopic (exact) mass is 372 g/mol. The Bertz CT molecular complexity index is 835. The van der Waals surface area contributed by atoms with Crippen LogP contribution in [0.15, 0.2) is 54.6 Å². The molecule has 0 fully saturated rings. The average Bonchev–Trinajstić information content (AvgIpc) is 2.65. The van der Waals surface area contributed by atoms with Gasteiger partial charge in [-0.25, -0.2) is 4.79 Å². The van der Waals surface area contributed by atoms with Gasteiger partial charge in [-0.1, -0.05) is 42.5 Å². The molecule has 142 valence electrons. The highest BCUT2D eigenvalue weighted by molar-refractivity contribution is 5.77. The molecule has 0 spiro atoms. The number of alkyl carbamates (subject to hydrolysis) is 1. The van der Waals surface area contributed by atoms with Gasteiger partial charge < -0.3 is 15.2 Å². The maximum atomic E-state index is 12.2. The number of nitro groups is 1. The second-order valence-corrected chi connectivity index (χ2v) is 6.52. The molecule has 0 heterocycles. The highest BCUT2D eigenvalue weighted by atomic mass is 16.6. The van der Waals surface area contributed by atoms with Crippen molar-refractivity contribution >= 4 is 17.7 Å². The summed E-state index contributed by atoms with van der Waals surface area (Å²) >= 11 is 0. The van der Waals surface area contributed by atoms with Gasteiger partial charge in [0.1, 0.15) is 6.61 Å². The van der Waals surface area contributed by atoms with E-state index in [0.29, 0.717) is 5.56 Å². The Morgan fingerprint density at radius 1 is 1.19 bits per heavy atom. The van der Waals surface area contributed by atoms with E-state index >= 15 is 0 Å². The van der Waals surface area contributed by atoms with E-state index in [1.165, 1.54) is 38.1 Å². The summed E-state index contributed by atoms with van der Waals surface area (Å²) in [6.45, 7) is 2.87. The molecule has 0 aromatic heterocycles. The molecule has 8 nitrogen and oxygen atoms in total. The highest BCUT2D eigenvalue weighted by Crippen LogP contribution is 2.35. The van der Waals surface area contributed by atoms with Crippen molar-refractivity contribution in [2.75, 3.05) is 0 Å². The van der Waals surface area contributed by atoms with Crippen molar-refractivity contribution < 1.29 is 24.4 Å². The fourth-order valence-electron chi connectivity index (χ4n) is 2.50. The first kappa shape index (κ1) is 19.9. The first-order chi connectivity index (χ1) is 12.7. The number of nitro benzene ring substituents is 1. The van der Waals surface area contributed by atoms with Crippen LogP contribution in [-0.2, 0) is 16.1 Å². The normalized spacial score (nSPS) is 12.1. The Kier molecular flexibility index (Phi) is 6.12. The summed E-state index contributed by atoms with van der Waals surface area (Å²) in [5.41, 5.74) is -0.551. The first-order valence-electron chi connectivity index (χ1n) is 8.17. The summed E-state index contributed by atoms with van der Waals surface area (Å²) in [7, 11) is 0. The number of hydrogen-bond acceptors (Lipinski definition) is 5. The van der Waals surface area contributed by atoms with Crippen molar-refractivity contribution in [2.45, 2.75) is 26.5 Å².